The van der Waals surface area contributed by atoms with Crippen LogP contribution in [0.2, 0.25) is 18.1 Å². The number of benzene rings is 1. The Balaban J connectivity index is 1.34. The number of aromatic nitrogens is 2. The van der Waals surface area contributed by atoms with Crippen molar-refractivity contribution in [3.8, 4) is 10.6 Å². The van der Waals surface area contributed by atoms with Gasteiger partial charge >= 0.3 is 12.2 Å². The smallest absolute Gasteiger partial charge is 0.424 e. The van der Waals surface area contributed by atoms with Crippen molar-refractivity contribution < 1.29 is 32.7 Å². The van der Waals surface area contributed by atoms with Crippen LogP contribution < -0.4 is 14.7 Å². The summed E-state index contributed by atoms with van der Waals surface area (Å²) in [7, 11) is -1.87. The fraction of sp³-hybridized carbons (Fsp3) is 0.541. The van der Waals surface area contributed by atoms with Gasteiger partial charge in [0.1, 0.15) is 32.7 Å². The third-order valence-electron chi connectivity index (χ3n) is 9.07. The third kappa shape index (κ3) is 8.78. The van der Waals surface area contributed by atoms with E-state index in [-0.39, 0.29) is 29.3 Å². The van der Waals surface area contributed by atoms with Gasteiger partial charge in [0, 0.05) is 43.5 Å². The highest BCUT2D eigenvalue weighted by molar-refractivity contribution is 7.17. The third-order valence-corrected chi connectivity index (χ3v) is 14.7. The van der Waals surface area contributed by atoms with Gasteiger partial charge in [-0.05, 0) is 96.4 Å². The van der Waals surface area contributed by atoms with E-state index in [2.05, 4.69) is 38.8 Å². The Labute approximate surface area is 305 Å². The number of imide groups is 1. The van der Waals surface area contributed by atoms with Gasteiger partial charge in [0.15, 0.2) is 8.32 Å². The second-order valence-corrected chi connectivity index (χ2v) is 22.3. The lowest BCUT2D eigenvalue weighted by atomic mass is 10.1. The van der Waals surface area contributed by atoms with Crippen LogP contribution in [0.15, 0.2) is 36.5 Å². The van der Waals surface area contributed by atoms with Crippen molar-refractivity contribution in [2.45, 2.75) is 111 Å². The van der Waals surface area contributed by atoms with E-state index >= 15 is 4.39 Å². The molecular weight excluding hydrogens is 690 g/mol. The first kappa shape index (κ1) is 38.4. The summed E-state index contributed by atoms with van der Waals surface area (Å²) >= 11 is 1.27. The predicted octanol–water partition coefficient (Wildman–Crippen LogP) is 8.82. The number of ether oxygens (including phenoxy) is 2. The van der Waals surface area contributed by atoms with Gasteiger partial charge in [-0.2, -0.15) is 4.90 Å². The topological polar surface area (TPSA) is 114 Å². The highest BCUT2D eigenvalue weighted by Crippen LogP contribution is 2.39. The number of amides is 3. The minimum atomic E-state index is -1.87. The summed E-state index contributed by atoms with van der Waals surface area (Å²) in [5, 5.41) is 0.828. The van der Waals surface area contributed by atoms with Gasteiger partial charge in [-0.3, -0.25) is 4.79 Å². The number of thiazole rings is 1. The Morgan fingerprint density at radius 1 is 0.961 bits per heavy atom. The van der Waals surface area contributed by atoms with Crippen LogP contribution in [-0.4, -0.2) is 73.3 Å². The summed E-state index contributed by atoms with van der Waals surface area (Å²) in [6.45, 7) is 23.1. The van der Waals surface area contributed by atoms with Crippen LogP contribution in [0.4, 0.5) is 31.2 Å². The minimum absolute atomic E-state index is 0.151. The van der Waals surface area contributed by atoms with Crippen LogP contribution in [-0.2, 0) is 20.3 Å². The normalized spacial score (nSPS) is 17.0. The molecule has 0 radical (unpaired) electrons. The molecule has 5 rings (SSSR count). The van der Waals surface area contributed by atoms with E-state index in [1.165, 1.54) is 28.4 Å². The lowest BCUT2D eigenvalue weighted by Gasteiger charge is -2.38. The molecule has 11 nitrogen and oxygen atoms in total. The maximum Gasteiger partial charge on any atom is 0.424 e. The molecule has 0 spiro atoms. The quantitative estimate of drug-likeness (QED) is 0.229. The van der Waals surface area contributed by atoms with Gasteiger partial charge in [-0.1, -0.05) is 20.8 Å². The zero-order valence-electron chi connectivity index (χ0n) is 31.5. The molecule has 0 bridgehead atoms. The summed E-state index contributed by atoms with van der Waals surface area (Å²) in [5.74, 6) is -0.292. The molecule has 14 heteroatoms. The van der Waals surface area contributed by atoms with Crippen LogP contribution >= 0.6 is 11.3 Å². The molecule has 2 aliphatic heterocycles. The van der Waals surface area contributed by atoms with Crippen molar-refractivity contribution in [2.24, 2.45) is 0 Å². The first-order valence-corrected chi connectivity index (χ1v) is 21.0. The van der Waals surface area contributed by atoms with Gasteiger partial charge in [0.2, 0.25) is 0 Å². The molecule has 0 saturated carbocycles. The Bertz CT molecular complexity index is 1770. The summed E-state index contributed by atoms with van der Waals surface area (Å²) in [4.78, 5) is 54.6. The van der Waals surface area contributed by atoms with Crippen LogP contribution in [0.1, 0.15) is 84.1 Å². The van der Waals surface area contributed by atoms with E-state index in [0.29, 0.717) is 32.6 Å². The molecule has 4 heterocycles. The van der Waals surface area contributed by atoms with E-state index < -0.39 is 37.5 Å². The van der Waals surface area contributed by atoms with E-state index in [0.717, 1.165) is 37.0 Å². The summed E-state index contributed by atoms with van der Waals surface area (Å²) in [6.07, 6.45) is 1.19. The standard InChI is InChI=1S/C37H50FN5O6SSi/c1-35(2,3)47-33(45)43(34(46)48-36(4,5)6)28-20-24(13-14-26(28)38)42-19-17-27-30(32(42)44)50-31(40-27)23-12-15-29(39-21-23)41-18-16-25(22-41)49-51(10,11)37(7,8)9/h12-15,20-21,25H,16-19,22H2,1-11H3/t25-/m1/s1. The van der Waals surface area contributed by atoms with Crippen LogP contribution in [0.5, 0.6) is 0 Å². The van der Waals surface area contributed by atoms with Crippen LogP contribution in [0.3, 0.4) is 0 Å². The summed E-state index contributed by atoms with van der Waals surface area (Å²) in [6, 6.07) is 7.80. The Hall–Kier alpha value is -3.88. The maximum absolute atomic E-state index is 15.4. The SMILES string of the molecule is CC(C)(C)OC(=O)N(C(=O)OC(C)(C)C)c1cc(N2CCc3nc(-c4ccc(N5CC[C@@H](O[Si](C)(C)C(C)(C)C)C5)nc4)sc3C2=O)ccc1F. The molecule has 0 aliphatic carbocycles. The lowest BCUT2D eigenvalue weighted by Crippen LogP contribution is -2.44. The molecule has 276 valence electrons. The fourth-order valence-corrected chi connectivity index (χ4v) is 7.98. The number of pyridine rings is 1. The molecule has 0 N–H and O–H groups in total. The van der Waals surface area contributed by atoms with Crippen molar-refractivity contribution in [1.29, 1.82) is 0 Å². The number of nitrogens with zero attached hydrogens (tertiary/aromatic N) is 5. The van der Waals surface area contributed by atoms with Crippen LogP contribution in [0, 0.1) is 5.82 Å². The molecule has 3 amide bonds. The number of rotatable bonds is 6. The molecule has 1 saturated heterocycles. The molecule has 1 atom stereocenters. The number of fused-ring (bicyclic) bond motifs is 1. The number of hydrogen-bond donors (Lipinski definition) is 0. The van der Waals surface area contributed by atoms with Gasteiger partial charge in [0.05, 0.1) is 17.5 Å². The highest BCUT2D eigenvalue weighted by Gasteiger charge is 2.41. The molecule has 2 aliphatic rings. The Kier molecular flexibility index (Phi) is 10.5. The predicted molar refractivity (Wildman–Crippen MR) is 201 cm³/mol. The van der Waals surface area contributed by atoms with Gasteiger partial charge in [-0.25, -0.2) is 23.9 Å². The van der Waals surface area contributed by atoms with E-state index in [4.69, 9.17) is 23.9 Å². The first-order chi connectivity index (χ1) is 23.5. The zero-order valence-corrected chi connectivity index (χ0v) is 33.4. The van der Waals surface area contributed by atoms with Crippen molar-refractivity contribution in [1.82, 2.24) is 9.97 Å². The van der Waals surface area contributed by atoms with Gasteiger partial charge < -0.3 is 23.7 Å². The van der Waals surface area contributed by atoms with E-state index in [9.17, 15) is 14.4 Å². The molecule has 2 aromatic heterocycles. The monoisotopic (exact) mass is 739 g/mol. The molecule has 51 heavy (non-hydrogen) atoms. The van der Waals surface area contributed by atoms with Crippen molar-refractivity contribution in [3.63, 3.8) is 0 Å². The van der Waals surface area contributed by atoms with Gasteiger partial charge in [0.25, 0.3) is 5.91 Å². The summed E-state index contributed by atoms with van der Waals surface area (Å²) in [5.41, 5.74) is -0.539. The lowest BCUT2D eigenvalue weighted by molar-refractivity contribution is 0.0428. The largest absolute Gasteiger partial charge is 0.443 e. The van der Waals surface area contributed by atoms with Crippen LogP contribution in [0.25, 0.3) is 10.6 Å². The number of anilines is 3. The Morgan fingerprint density at radius 2 is 1.61 bits per heavy atom. The van der Waals surface area contributed by atoms with Crippen molar-refractivity contribution in [3.05, 3.63) is 52.9 Å². The number of carbonyl (C=O) groups is 3. The number of hydrogen-bond acceptors (Lipinski definition) is 10. The first-order valence-electron chi connectivity index (χ1n) is 17.3. The Morgan fingerprint density at radius 3 is 2.18 bits per heavy atom. The maximum atomic E-state index is 15.4. The molecule has 1 fully saturated rings. The molecule has 1 aromatic carbocycles. The highest BCUT2D eigenvalue weighted by atomic mass is 32.1. The zero-order chi connectivity index (χ0) is 37.7. The van der Waals surface area contributed by atoms with Crippen molar-refractivity contribution >= 4 is 54.9 Å². The molecular formula is C37H50FN5O6SSi. The summed E-state index contributed by atoms with van der Waals surface area (Å²) < 4.78 is 32.9. The van der Waals surface area contributed by atoms with E-state index in [1.807, 2.05) is 12.1 Å². The molecule has 0 unspecified atom stereocenters. The minimum Gasteiger partial charge on any atom is -0.443 e. The van der Waals surface area contributed by atoms with Crippen molar-refractivity contribution in [2.75, 3.05) is 34.3 Å². The fourth-order valence-electron chi connectivity index (χ4n) is 5.55. The second kappa shape index (κ2) is 13.9. The average Bonchev–Trinajstić information content (AvgIpc) is 3.64. The molecule has 3 aromatic rings. The second-order valence-electron chi connectivity index (χ2n) is 16.6. The average molecular weight is 740 g/mol. The van der Waals surface area contributed by atoms with Gasteiger partial charge in [-0.15, -0.1) is 11.3 Å². The number of halogens is 1. The number of carbonyl (C=O) groups excluding carboxylic acids is 3. The van der Waals surface area contributed by atoms with E-state index in [1.54, 1.807) is 47.7 Å².